The summed E-state index contributed by atoms with van der Waals surface area (Å²) in [7, 11) is 1.20. The summed E-state index contributed by atoms with van der Waals surface area (Å²) in [5.74, 6) is -0.211. The molecule has 0 unspecified atom stereocenters. The molecular formula is C8H9F3N2O. The van der Waals surface area contributed by atoms with Crippen molar-refractivity contribution >= 4 is 5.78 Å². The summed E-state index contributed by atoms with van der Waals surface area (Å²) in [4.78, 5) is 10.7. The number of ketones is 1. The molecule has 3 nitrogen and oxygen atoms in total. The highest BCUT2D eigenvalue weighted by molar-refractivity contribution is 5.77. The van der Waals surface area contributed by atoms with Crippen molar-refractivity contribution in [1.82, 2.24) is 9.78 Å². The zero-order valence-electron chi connectivity index (χ0n) is 7.72. The first-order chi connectivity index (χ1) is 6.30. The number of carbonyl (C=O) groups is 1. The van der Waals surface area contributed by atoms with E-state index in [4.69, 9.17) is 0 Å². The molecule has 0 fully saturated rings. The number of halogens is 3. The van der Waals surface area contributed by atoms with Crippen LogP contribution in [0.25, 0.3) is 0 Å². The lowest BCUT2D eigenvalue weighted by atomic mass is 10.2. The molecule has 0 atom stereocenters. The Bertz CT molecular complexity index is 354. The first-order valence-electron chi connectivity index (χ1n) is 3.90. The number of Topliss-reactive ketones (excluding diaryl/α,β-unsaturated/α-hetero) is 1. The second-order valence-electron chi connectivity index (χ2n) is 3.02. The maximum Gasteiger partial charge on any atom is 0.433 e. The molecule has 0 saturated carbocycles. The van der Waals surface area contributed by atoms with Gasteiger partial charge in [-0.2, -0.15) is 18.3 Å². The van der Waals surface area contributed by atoms with Gasteiger partial charge in [0, 0.05) is 7.05 Å². The van der Waals surface area contributed by atoms with Gasteiger partial charge in [-0.25, -0.2) is 0 Å². The minimum Gasteiger partial charge on any atom is -0.300 e. The average molecular weight is 206 g/mol. The Morgan fingerprint density at radius 2 is 2.14 bits per heavy atom. The van der Waals surface area contributed by atoms with E-state index in [0.717, 1.165) is 10.7 Å². The van der Waals surface area contributed by atoms with Gasteiger partial charge < -0.3 is 0 Å². The summed E-state index contributed by atoms with van der Waals surface area (Å²) in [5, 5.41) is 3.59. The van der Waals surface area contributed by atoms with Crippen LogP contribution in [0.4, 0.5) is 13.2 Å². The van der Waals surface area contributed by atoms with Crippen molar-refractivity contribution in [1.29, 1.82) is 0 Å². The zero-order chi connectivity index (χ0) is 10.9. The standard InChI is InChI=1S/C8H9F3N2O/c1-5(14)3-6-4-7(8(9,10)11)13(2)12-6/h4H,3H2,1-2H3. The zero-order valence-corrected chi connectivity index (χ0v) is 7.72. The molecule has 1 aromatic heterocycles. The Kier molecular flexibility index (Phi) is 2.64. The van der Waals surface area contributed by atoms with Crippen molar-refractivity contribution in [3.05, 3.63) is 17.5 Å². The van der Waals surface area contributed by atoms with Crippen molar-refractivity contribution in [2.24, 2.45) is 7.05 Å². The molecular weight excluding hydrogens is 197 g/mol. The summed E-state index contributed by atoms with van der Waals surface area (Å²) < 4.78 is 37.5. The number of carbonyl (C=O) groups excluding carboxylic acids is 1. The van der Waals surface area contributed by atoms with E-state index in [0.29, 0.717) is 0 Å². The minimum absolute atomic E-state index is 0.0656. The van der Waals surface area contributed by atoms with E-state index >= 15 is 0 Å². The van der Waals surface area contributed by atoms with Gasteiger partial charge in [0.2, 0.25) is 0 Å². The summed E-state index contributed by atoms with van der Waals surface area (Å²) in [6, 6.07) is 0.890. The lowest BCUT2D eigenvalue weighted by Crippen LogP contribution is -2.11. The van der Waals surface area contributed by atoms with Gasteiger partial charge in [-0.1, -0.05) is 0 Å². The highest BCUT2D eigenvalue weighted by Crippen LogP contribution is 2.29. The van der Waals surface area contributed by atoms with E-state index < -0.39 is 11.9 Å². The topological polar surface area (TPSA) is 34.9 Å². The molecule has 1 aromatic rings. The number of aryl methyl sites for hydroxylation is 1. The fourth-order valence-electron chi connectivity index (χ4n) is 1.13. The van der Waals surface area contributed by atoms with E-state index in [1.165, 1.54) is 14.0 Å². The second-order valence-corrected chi connectivity index (χ2v) is 3.02. The van der Waals surface area contributed by atoms with Gasteiger partial charge >= 0.3 is 6.18 Å². The SMILES string of the molecule is CC(=O)Cc1cc(C(F)(F)F)n(C)n1. The lowest BCUT2D eigenvalue weighted by molar-refractivity contribution is -0.143. The molecule has 6 heteroatoms. The normalized spacial score (nSPS) is 11.8. The summed E-state index contributed by atoms with van der Waals surface area (Å²) >= 11 is 0. The molecule has 0 spiro atoms. The van der Waals surface area contributed by atoms with Crippen LogP contribution in [0.2, 0.25) is 0 Å². The monoisotopic (exact) mass is 206 g/mol. The third-order valence-electron chi connectivity index (χ3n) is 1.65. The largest absolute Gasteiger partial charge is 0.433 e. The molecule has 0 saturated heterocycles. The molecule has 0 bridgehead atoms. The Labute approximate surface area is 78.5 Å². The van der Waals surface area contributed by atoms with Crippen molar-refractivity contribution in [2.75, 3.05) is 0 Å². The predicted molar refractivity (Wildman–Crippen MR) is 42.6 cm³/mol. The van der Waals surface area contributed by atoms with Gasteiger partial charge in [0.05, 0.1) is 12.1 Å². The number of nitrogens with zero attached hydrogens (tertiary/aromatic N) is 2. The molecule has 0 aliphatic carbocycles. The molecule has 0 radical (unpaired) electrons. The number of alkyl halides is 3. The number of rotatable bonds is 2. The summed E-state index contributed by atoms with van der Waals surface area (Å²) in [5.41, 5.74) is -0.693. The Morgan fingerprint density at radius 1 is 1.57 bits per heavy atom. The third kappa shape index (κ3) is 2.34. The smallest absolute Gasteiger partial charge is 0.300 e. The van der Waals surface area contributed by atoms with Gasteiger partial charge in [0.15, 0.2) is 0 Å². The van der Waals surface area contributed by atoms with Crippen LogP contribution >= 0.6 is 0 Å². The van der Waals surface area contributed by atoms with Gasteiger partial charge in [0.25, 0.3) is 0 Å². The number of hydrogen-bond acceptors (Lipinski definition) is 2. The maximum absolute atomic E-state index is 12.3. The summed E-state index contributed by atoms with van der Waals surface area (Å²) in [6.45, 7) is 1.31. The second kappa shape index (κ2) is 3.43. The average Bonchev–Trinajstić information content (AvgIpc) is 2.27. The van der Waals surface area contributed by atoms with Crippen molar-refractivity contribution < 1.29 is 18.0 Å². The number of hydrogen-bond donors (Lipinski definition) is 0. The van der Waals surface area contributed by atoms with Crippen LogP contribution in [0, 0.1) is 0 Å². The van der Waals surface area contributed by atoms with Crippen LogP contribution in [0.3, 0.4) is 0 Å². The first-order valence-corrected chi connectivity index (χ1v) is 3.90. The van der Waals surface area contributed by atoms with Crippen molar-refractivity contribution in [2.45, 2.75) is 19.5 Å². The third-order valence-corrected chi connectivity index (χ3v) is 1.65. The van der Waals surface area contributed by atoms with Crippen LogP contribution < -0.4 is 0 Å². The van der Waals surface area contributed by atoms with Crippen LogP contribution in [-0.2, 0) is 24.4 Å². The highest BCUT2D eigenvalue weighted by atomic mass is 19.4. The molecule has 0 aromatic carbocycles. The van der Waals surface area contributed by atoms with E-state index in [-0.39, 0.29) is 17.9 Å². The molecule has 78 valence electrons. The number of aromatic nitrogens is 2. The molecule has 0 N–H and O–H groups in total. The Morgan fingerprint density at radius 3 is 2.50 bits per heavy atom. The molecule has 1 rings (SSSR count). The molecule has 0 amide bonds. The summed E-state index contributed by atoms with van der Waals surface area (Å²) in [6.07, 6.45) is -4.49. The molecule has 0 aliphatic heterocycles. The first kappa shape index (κ1) is 10.7. The van der Waals surface area contributed by atoms with Crippen molar-refractivity contribution in [3.8, 4) is 0 Å². The van der Waals surface area contributed by atoms with E-state index in [2.05, 4.69) is 5.10 Å². The van der Waals surface area contributed by atoms with E-state index in [9.17, 15) is 18.0 Å². The molecule has 0 aliphatic rings. The van der Waals surface area contributed by atoms with Gasteiger partial charge in [-0.05, 0) is 13.0 Å². The van der Waals surface area contributed by atoms with E-state index in [1.54, 1.807) is 0 Å². The minimum atomic E-state index is -4.42. The maximum atomic E-state index is 12.3. The van der Waals surface area contributed by atoms with Crippen LogP contribution in [0.5, 0.6) is 0 Å². The predicted octanol–water partition coefficient (Wildman–Crippen LogP) is 1.57. The highest BCUT2D eigenvalue weighted by Gasteiger charge is 2.34. The molecule has 1 heterocycles. The van der Waals surface area contributed by atoms with Crippen LogP contribution in [0.15, 0.2) is 6.07 Å². The Balaban J connectivity index is 2.99. The van der Waals surface area contributed by atoms with E-state index in [1.807, 2.05) is 0 Å². The fourth-order valence-corrected chi connectivity index (χ4v) is 1.13. The van der Waals surface area contributed by atoms with Gasteiger partial charge in [-0.3, -0.25) is 9.48 Å². The molecule has 14 heavy (non-hydrogen) atoms. The van der Waals surface area contributed by atoms with Crippen LogP contribution in [-0.4, -0.2) is 15.6 Å². The quantitative estimate of drug-likeness (QED) is 0.736. The Hall–Kier alpha value is -1.33. The van der Waals surface area contributed by atoms with Gasteiger partial charge in [-0.15, -0.1) is 0 Å². The van der Waals surface area contributed by atoms with Crippen molar-refractivity contribution in [3.63, 3.8) is 0 Å². The van der Waals surface area contributed by atoms with Gasteiger partial charge in [0.1, 0.15) is 11.5 Å². The van der Waals surface area contributed by atoms with Crippen LogP contribution in [0.1, 0.15) is 18.3 Å². The lowest BCUT2D eigenvalue weighted by Gasteiger charge is -2.04. The fraction of sp³-hybridized carbons (Fsp3) is 0.500.